The molecule has 1 N–H and O–H groups in total. The third kappa shape index (κ3) is 3.03. The number of benzene rings is 2. The minimum Gasteiger partial charge on any atom is -0.296 e. The Balaban J connectivity index is 1.94. The second-order valence-electron chi connectivity index (χ2n) is 5.68. The van der Waals surface area contributed by atoms with Gasteiger partial charge in [0.2, 0.25) is 5.13 Å². The summed E-state index contributed by atoms with van der Waals surface area (Å²) in [6.45, 7) is 0. The molecule has 28 heavy (non-hydrogen) atoms. The van der Waals surface area contributed by atoms with Crippen molar-refractivity contribution in [1.29, 1.82) is 0 Å². The van der Waals surface area contributed by atoms with Crippen molar-refractivity contribution in [3.8, 4) is 5.69 Å². The van der Waals surface area contributed by atoms with Crippen LogP contribution in [-0.4, -0.2) is 20.7 Å². The average Bonchev–Trinajstić information content (AvgIpc) is 3.19. The lowest BCUT2D eigenvalue weighted by molar-refractivity contribution is 0.102. The Morgan fingerprint density at radius 1 is 1.07 bits per heavy atom. The van der Waals surface area contributed by atoms with Crippen molar-refractivity contribution in [2.75, 3.05) is 5.32 Å². The number of carbonyl (C=O) groups is 1. The molecule has 1 amide bonds. The number of hydrogen-bond donors (Lipinski definition) is 1. The standard InChI is InChI=1S/C18H9F3N4O2S/c19-13-5-9(6-14(20)15(13)21)25-7-12(16(26)23-18-24-22-8-28-18)10-3-1-2-4-11(10)17(25)27/h1-8H,(H,23,24,26). The molecule has 0 aliphatic rings. The minimum atomic E-state index is -1.65. The van der Waals surface area contributed by atoms with E-state index in [9.17, 15) is 22.8 Å². The molecule has 0 fully saturated rings. The van der Waals surface area contributed by atoms with Crippen LogP contribution in [0, 0.1) is 17.5 Å². The highest BCUT2D eigenvalue weighted by Gasteiger charge is 2.18. The lowest BCUT2D eigenvalue weighted by Crippen LogP contribution is -2.23. The van der Waals surface area contributed by atoms with Gasteiger partial charge in [-0.15, -0.1) is 10.2 Å². The van der Waals surface area contributed by atoms with Crippen LogP contribution in [-0.2, 0) is 0 Å². The number of anilines is 1. The molecule has 2 heterocycles. The molecule has 0 saturated carbocycles. The number of halogens is 3. The van der Waals surface area contributed by atoms with Crippen molar-refractivity contribution < 1.29 is 18.0 Å². The van der Waals surface area contributed by atoms with E-state index in [1.807, 2.05) is 0 Å². The fourth-order valence-corrected chi connectivity index (χ4v) is 3.18. The normalized spacial score (nSPS) is 11.0. The number of aromatic nitrogens is 3. The molecule has 2 aromatic heterocycles. The van der Waals surface area contributed by atoms with Crippen LogP contribution in [0.2, 0.25) is 0 Å². The second-order valence-corrected chi connectivity index (χ2v) is 6.52. The van der Waals surface area contributed by atoms with Crippen LogP contribution in [0.5, 0.6) is 0 Å². The van der Waals surface area contributed by atoms with Crippen molar-refractivity contribution in [3.05, 3.63) is 81.5 Å². The molecule has 0 radical (unpaired) electrons. The first-order valence-corrected chi connectivity index (χ1v) is 8.70. The summed E-state index contributed by atoms with van der Waals surface area (Å²) < 4.78 is 41.5. The predicted molar refractivity (Wildman–Crippen MR) is 97.3 cm³/mol. The first-order chi connectivity index (χ1) is 13.5. The number of amides is 1. The minimum absolute atomic E-state index is 0.0653. The van der Waals surface area contributed by atoms with Crippen molar-refractivity contribution in [1.82, 2.24) is 14.8 Å². The molecule has 4 rings (SSSR count). The monoisotopic (exact) mass is 402 g/mol. The Labute approximate surface area is 158 Å². The second kappa shape index (κ2) is 6.89. The first-order valence-electron chi connectivity index (χ1n) is 7.82. The lowest BCUT2D eigenvalue weighted by atomic mass is 10.1. The summed E-state index contributed by atoms with van der Waals surface area (Å²) in [7, 11) is 0. The smallest absolute Gasteiger partial charge is 0.262 e. The van der Waals surface area contributed by atoms with E-state index in [4.69, 9.17) is 0 Å². The van der Waals surface area contributed by atoms with E-state index in [1.54, 1.807) is 18.2 Å². The summed E-state index contributed by atoms with van der Waals surface area (Å²) in [5, 5.41) is 10.6. The number of rotatable bonds is 3. The molecule has 2 aromatic carbocycles. The summed E-state index contributed by atoms with van der Waals surface area (Å²) in [6, 6.07) is 7.65. The number of hydrogen-bond acceptors (Lipinski definition) is 5. The molecule has 10 heteroatoms. The maximum Gasteiger partial charge on any atom is 0.262 e. The highest BCUT2D eigenvalue weighted by atomic mass is 32.1. The lowest BCUT2D eigenvalue weighted by Gasteiger charge is -2.12. The molecule has 0 unspecified atom stereocenters. The quantitative estimate of drug-likeness (QED) is 0.532. The molecule has 0 spiro atoms. The highest BCUT2D eigenvalue weighted by Crippen LogP contribution is 2.21. The zero-order valence-electron chi connectivity index (χ0n) is 13.8. The van der Waals surface area contributed by atoms with Crippen LogP contribution >= 0.6 is 11.3 Å². The van der Waals surface area contributed by atoms with Crippen molar-refractivity contribution >= 4 is 33.1 Å². The van der Waals surface area contributed by atoms with Gasteiger partial charge in [-0.1, -0.05) is 29.5 Å². The van der Waals surface area contributed by atoms with Crippen molar-refractivity contribution in [2.45, 2.75) is 0 Å². The van der Waals surface area contributed by atoms with E-state index in [2.05, 4.69) is 15.5 Å². The molecule has 0 aliphatic heterocycles. The van der Waals surface area contributed by atoms with Crippen LogP contribution in [0.4, 0.5) is 18.3 Å². The highest BCUT2D eigenvalue weighted by molar-refractivity contribution is 7.13. The summed E-state index contributed by atoms with van der Waals surface area (Å²) in [4.78, 5) is 25.5. The van der Waals surface area contributed by atoms with Gasteiger partial charge in [-0.2, -0.15) is 0 Å². The van der Waals surface area contributed by atoms with Gasteiger partial charge in [0.15, 0.2) is 17.5 Å². The van der Waals surface area contributed by atoms with Gasteiger partial charge in [0.05, 0.1) is 11.3 Å². The van der Waals surface area contributed by atoms with Crippen molar-refractivity contribution in [2.24, 2.45) is 0 Å². The maximum atomic E-state index is 13.7. The molecular formula is C18H9F3N4O2S. The Kier molecular flexibility index (Phi) is 4.40. The molecule has 0 aliphatic carbocycles. The Morgan fingerprint density at radius 2 is 1.75 bits per heavy atom. The van der Waals surface area contributed by atoms with Gasteiger partial charge < -0.3 is 0 Å². The number of carbonyl (C=O) groups excluding carboxylic acids is 1. The first kappa shape index (κ1) is 17.9. The van der Waals surface area contributed by atoms with Gasteiger partial charge in [-0.05, 0) is 6.07 Å². The molecular weight excluding hydrogens is 393 g/mol. The third-order valence-corrected chi connectivity index (χ3v) is 4.60. The molecule has 140 valence electrons. The molecule has 0 saturated heterocycles. The van der Waals surface area contributed by atoms with Gasteiger partial charge in [0, 0.05) is 29.1 Å². The SMILES string of the molecule is O=C(Nc1nncs1)c1cn(-c2cc(F)c(F)c(F)c2)c(=O)c2ccccc12. The number of nitrogens with one attached hydrogen (secondary N) is 1. The summed E-state index contributed by atoms with van der Waals surface area (Å²) in [5.74, 6) is -5.14. The molecule has 4 aromatic rings. The average molecular weight is 402 g/mol. The molecule has 6 nitrogen and oxygen atoms in total. The summed E-state index contributed by atoms with van der Waals surface area (Å²) in [6.07, 6.45) is 1.15. The fourth-order valence-electron chi connectivity index (χ4n) is 2.74. The van der Waals surface area contributed by atoms with E-state index in [-0.39, 0.29) is 21.8 Å². The van der Waals surface area contributed by atoms with Crippen molar-refractivity contribution in [3.63, 3.8) is 0 Å². The summed E-state index contributed by atoms with van der Waals surface area (Å²) in [5.41, 5.74) is 0.625. The van der Waals surface area contributed by atoms with Gasteiger partial charge in [-0.25, -0.2) is 13.2 Å². The van der Waals surface area contributed by atoms with E-state index < -0.39 is 28.9 Å². The number of fused-ring (bicyclic) bond motifs is 1. The van der Waals surface area contributed by atoms with Crippen LogP contribution in [0.15, 0.2) is 52.9 Å². The third-order valence-electron chi connectivity index (χ3n) is 4.00. The van der Waals surface area contributed by atoms with Crippen LogP contribution in [0.25, 0.3) is 16.5 Å². The zero-order chi connectivity index (χ0) is 19.8. The molecule has 0 atom stereocenters. The molecule has 0 bridgehead atoms. The maximum absolute atomic E-state index is 13.7. The number of pyridine rings is 1. The van der Waals surface area contributed by atoms with Gasteiger partial charge in [0.1, 0.15) is 5.51 Å². The fraction of sp³-hybridized carbons (Fsp3) is 0. The Bertz CT molecular complexity index is 1250. The van der Waals surface area contributed by atoms with Gasteiger partial charge in [0.25, 0.3) is 11.5 Å². The van der Waals surface area contributed by atoms with Crippen LogP contribution in [0.1, 0.15) is 10.4 Å². The van der Waals surface area contributed by atoms with E-state index in [1.165, 1.54) is 11.6 Å². The summed E-state index contributed by atoms with van der Waals surface area (Å²) >= 11 is 1.10. The predicted octanol–water partition coefficient (Wildman–Crippen LogP) is 3.51. The largest absolute Gasteiger partial charge is 0.296 e. The van der Waals surface area contributed by atoms with Crippen LogP contribution in [0.3, 0.4) is 0 Å². The van der Waals surface area contributed by atoms with Crippen LogP contribution < -0.4 is 10.9 Å². The number of nitrogens with zero attached hydrogens (tertiary/aromatic N) is 3. The topological polar surface area (TPSA) is 76.9 Å². The Hall–Kier alpha value is -3.53. The van der Waals surface area contributed by atoms with E-state index in [0.717, 1.165) is 22.1 Å². The van der Waals surface area contributed by atoms with E-state index >= 15 is 0 Å². The Morgan fingerprint density at radius 3 is 2.39 bits per heavy atom. The van der Waals surface area contributed by atoms with Gasteiger partial charge >= 0.3 is 0 Å². The van der Waals surface area contributed by atoms with Gasteiger partial charge in [-0.3, -0.25) is 19.5 Å². The zero-order valence-corrected chi connectivity index (χ0v) is 14.6. The van der Waals surface area contributed by atoms with E-state index in [0.29, 0.717) is 17.5 Å².